The van der Waals surface area contributed by atoms with Gasteiger partial charge in [0.1, 0.15) is 0 Å². The van der Waals surface area contributed by atoms with Crippen molar-refractivity contribution in [1.29, 1.82) is 0 Å². The number of piperidine rings is 1. The van der Waals surface area contributed by atoms with Gasteiger partial charge in [0.15, 0.2) is 0 Å². The molecule has 0 spiro atoms. The van der Waals surface area contributed by atoms with E-state index in [0.29, 0.717) is 0 Å². The molecule has 1 aliphatic heterocycles. The van der Waals surface area contributed by atoms with Crippen LogP contribution in [0.15, 0.2) is 12.2 Å². The summed E-state index contributed by atoms with van der Waals surface area (Å²) >= 11 is 0. The summed E-state index contributed by atoms with van der Waals surface area (Å²) in [5.41, 5.74) is 1.21. The molecule has 1 amide bonds. The number of hydrogen-bond acceptors (Lipinski definition) is 1. The van der Waals surface area contributed by atoms with Gasteiger partial charge in [-0.2, -0.15) is 0 Å². The van der Waals surface area contributed by atoms with Gasteiger partial charge in [-0.15, -0.1) is 6.42 Å². The maximum Gasteiger partial charge on any atom is 0.298 e. The van der Waals surface area contributed by atoms with E-state index in [4.69, 9.17) is 6.42 Å². The Morgan fingerprint density at radius 1 is 1.55 bits per heavy atom. The molecule has 0 N–H and O–H groups in total. The molecule has 2 heteroatoms. The maximum atomic E-state index is 10.9. The molecular weight excluding hydrogens is 138 g/mol. The highest BCUT2D eigenvalue weighted by molar-refractivity contribution is 5.92. The topological polar surface area (TPSA) is 20.3 Å². The van der Waals surface area contributed by atoms with Crippen molar-refractivity contribution in [2.45, 2.75) is 12.8 Å². The van der Waals surface area contributed by atoms with Gasteiger partial charge < -0.3 is 4.90 Å². The fourth-order valence-corrected chi connectivity index (χ4v) is 1.12. The van der Waals surface area contributed by atoms with Gasteiger partial charge in [0.05, 0.1) is 0 Å². The van der Waals surface area contributed by atoms with Crippen LogP contribution in [0, 0.1) is 12.3 Å². The first-order valence-electron chi connectivity index (χ1n) is 3.66. The fourth-order valence-electron chi connectivity index (χ4n) is 1.12. The second-order valence-corrected chi connectivity index (χ2v) is 2.69. The Morgan fingerprint density at radius 2 is 2.09 bits per heavy atom. The summed E-state index contributed by atoms with van der Waals surface area (Å²) in [5.74, 6) is 1.91. The predicted octanol–water partition coefficient (Wildman–Crippen LogP) is 0.798. The Kier molecular flexibility index (Phi) is 2.32. The number of carbonyl (C=O) groups is 1. The zero-order chi connectivity index (χ0) is 8.27. The minimum absolute atomic E-state index is 0.197. The van der Waals surface area contributed by atoms with Gasteiger partial charge in [-0.1, -0.05) is 12.2 Å². The lowest BCUT2D eigenvalue weighted by molar-refractivity contribution is -0.125. The van der Waals surface area contributed by atoms with Crippen molar-refractivity contribution in [3.05, 3.63) is 12.2 Å². The van der Waals surface area contributed by atoms with Crippen molar-refractivity contribution in [1.82, 2.24) is 4.90 Å². The van der Waals surface area contributed by atoms with Crippen molar-refractivity contribution in [2.75, 3.05) is 13.1 Å². The largest absolute Gasteiger partial charge is 0.331 e. The van der Waals surface area contributed by atoms with E-state index >= 15 is 0 Å². The van der Waals surface area contributed by atoms with E-state index in [1.54, 1.807) is 4.90 Å². The minimum Gasteiger partial charge on any atom is -0.331 e. The van der Waals surface area contributed by atoms with Gasteiger partial charge in [0.25, 0.3) is 5.91 Å². The van der Waals surface area contributed by atoms with E-state index in [-0.39, 0.29) is 5.91 Å². The number of amides is 1. The molecule has 1 fully saturated rings. The fraction of sp³-hybridized carbons (Fsp3) is 0.444. The lowest BCUT2D eigenvalue weighted by Crippen LogP contribution is -2.35. The zero-order valence-electron chi connectivity index (χ0n) is 6.47. The molecule has 1 heterocycles. The SMILES string of the molecule is C#CC(=O)N1CCC(=C)CC1. The van der Waals surface area contributed by atoms with Gasteiger partial charge in [0.2, 0.25) is 0 Å². The van der Waals surface area contributed by atoms with Crippen molar-refractivity contribution in [3.8, 4) is 12.3 Å². The molecule has 0 aliphatic carbocycles. The monoisotopic (exact) mass is 149 g/mol. The average molecular weight is 149 g/mol. The first kappa shape index (κ1) is 7.87. The highest BCUT2D eigenvalue weighted by Crippen LogP contribution is 2.13. The van der Waals surface area contributed by atoms with Gasteiger partial charge in [0, 0.05) is 13.1 Å². The summed E-state index contributed by atoms with van der Waals surface area (Å²) in [6.07, 6.45) is 6.77. The Hall–Kier alpha value is -1.23. The van der Waals surface area contributed by atoms with Gasteiger partial charge in [-0.25, -0.2) is 0 Å². The van der Waals surface area contributed by atoms with Crippen LogP contribution in [0.1, 0.15) is 12.8 Å². The van der Waals surface area contributed by atoms with Crippen LogP contribution >= 0.6 is 0 Å². The third-order valence-corrected chi connectivity index (χ3v) is 1.88. The van der Waals surface area contributed by atoms with E-state index < -0.39 is 0 Å². The normalized spacial score (nSPS) is 17.7. The summed E-state index contributed by atoms with van der Waals surface area (Å²) in [6.45, 7) is 5.32. The number of likely N-dealkylation sites (tertiary alicyclic amines) is 1. The predicted molar refractivity (Wildman–Crippen MR) is 43.8 cm³/mol. The third-order valence-electron chi connectivity index (χ3n) is 1.88. The van der Waals surface area contributed by atoms with Crippen LogP contribution in [-0.4, -0.2) is 23.9 Å². The summed E-state index contributed by atoms with van der Waals surface area (Å²) in [5, 5.41) is 0. The smallest absolute Gasteiger partial charge is 0.298 e. The lowest BCUT2D eigenvalue weighted by Gasteiger charge is -2.25. The van der Waals surface area contributed by atoms with Crippen LogP contribution in [0.4, 0.5) is 0 Å². The average Bonchev–Trinajstić information content (AvgIpc) is 2.05. The Bertz CT molecular complexity index is 214. The quantitative estimate of drug-likeness (QED) is 0.368. The summed E-state index contributed by atoms with van der Waals surface area (Å²) in [6, 6.07) is 0. The molecule has 11 heavy (non-hydrogen) atoms. The third kappa shape index (κ3) is 1.84. The van der Waals surface area contributed by atoms with Crippen LogP contribution in [0.2, 0.25) is 0 Å². The molecule has 0 aromatic heterocycles. The van der Waals surface area contributed by atoms with E-state index in [1.807, 2.05) is 0 Å². The zero-order valence-corrected chi connectivity index (χ0v) is 6.47. The number of terminal acetylenes is 1. The molecule has 0 aromatic carbocycles. The van der Waals surface area contributed by atoms with Crippen LogP contribution in [-0.2, 0) is 4.79 Å². The molecule has 0 aromatic rings. The maximum absolute atomic E-state index is 10.9. The molecule has 0 radical (unpaired) electrons. The Morgan fingerprint density at radius 3 is 2.55 bits per heavy atom. The Balaban J connectivity index is 2.47. The molecule has 0 saturated carbocycles. The molecule has 0 unspecified atom stereocenters. The molecular formula is C9H11NO. The van der Waals surface area contributed by atoms with Crippen molar-refractivity contribution in [2.24, 2.45) is 0 Å². The van der Waals surface area contributed by atoms with Crippen LogP contribution in [0.3, 0.4) is 0 Å². The molecule has 0 atom stereocenters. The minimum atomic E-state index is -0.197. The summed E-state index contributed by atoms with van der Waals surface area (Å²) in [4.78, 5) is 12.6. The molecule has 0 bridgehead atoms. The molecule has 2 nitrogen and oxygen atoms in total. The molecule has 1 rings (SSSR count). The molecule has 58 valence electrons. The first-order chi connectivity index (χ1) is 5.24. The highest BCUT2D eigenvalue weighted by atomic mass is 16.2. The van der Waals surface area contributed by atoms with Gasteiger partial charge >= 0.3 is 0 Å². The molecule has 1 saturated heterocycles. The van der Waals surface area contributed by atoms with Crippen LogP contribution in [0.5, 0.6) is 0 Å². The van der Waals surface area contributed by atoms with Crippen LogP contribution < -0.4 is 0 Å². The van der Waals surface area contributed by atoms with E-state index in [2.05, 4.69) is 12.5 Å². The second kappa shape index (κ2) is 3.25. The van der Waals surface area contributed by atoms with Crippen molar-refractivity contribution in [3.63, 3.8) is 0 Å². The van der Waals surface area contributed by atoms with Crippen LogP contribution in [0.25, 0.3) is 0 Å². The van der Waals surface area contributed by atoms with E-state index in [9.17, 15) is 4.79 Å². The summed E-state index contributed by atoms with van der Waals surface area (Å²) in [7, 11) is 0. The van der Waals surface area contributed by atoms with E-state index in [1.165, 1.54) is 5.57 Å². The van der Waals surface area contributed by atoms with Gasteiger partial charge in [-0.05, 0) is 18.8 Å². The summed E-state index contributed by atoms with van der Waals surface area (Å²) < 4.78 is 0. The highest BCUT2D eigenvalue weighted by Gasteiger charge is 2.15. The van der Waals surface area contributed by atoms with Gasteiger partial charge in [-0.3, -0.25) is 4.79 Å². The number of rotatable bonds is 0. The van der Waals surface area contributed by atoms with Crippen molar-refractivity contribution >= 4 is 5.91 Å². The van der Waals surface area contributed by atoms with Crippen molar-refractivity contribution < 1.29 is 4.79 Å². The molecule has 1 aliphatic rings. The lowest BCUT2D eigenvalue weighted by atomic mass is 10.1. The standard InChI is InChI=1S/C9H11NO/c1-3-9(11)10-6-4-8(2)5-7-10/h1H,2,4-7H2. The number of carbonyl (C=O) groups excluding carboxylic acids is 1. The Labute approximate surface area is 66.9 Å². The first-order valence-corrected chi connectivity index (χ1v) is 3.66. The number of hydrogen-bond donors (Lipinski definition) is 0. The van der Waals surface area contributed by atoms with E-state index in [0.717, 1.165) is 25.9 Å². The second-order valence-electron chi connectivity index (χ2n) is 2.69. The number of nitrogens with zero attached hydrogens (tertiary/aromatic N) is 1.